The SMILES string of the molecule is c1ccc(Cc2ccccc2CN(c2ccc3c(c2)C2(c4ccccc4-3)C3CCC4CC(C3)CC2C4)c2ccc3c(c2)C2(c4ccccc4-3)C3CCC2C3)cc1. The number of benzene rings is 6. The average Bonchev–Trinajstić information content (AvgIpc) is 3.99. The number of fused-ring (bicyclic) bond motifs is 8. The van der Waals surface area contributed by atoms with Crippen molar-refractivity contribution < 1.29 is 0 Å². The van der Waals surface area contributed by atoms with E-state index < -0.39 is 0 Å². The van der Waals surface area contributed by atoms with Crippen LogP contribution in [0.5, 0.6) is 0 Å². The normalized spacial score (nSPS) is 30.5. The maximum absolute atomic E-state index is 2.72. The van der Waals surface area contributed by atoms with Crippen molar-refractivity contribution in [3.63, 3.8) is 0 Å². The van der Waals surface area contributed by atoms with Crippen LogP contribution in [0.25, 0.3) is 22.3 Å². The van der Waals surface area contributed by atoms with E-state index in [1.165, 1.54) is 108 Å². The molecule has 1 heteroatoms. The molecule has 6 aromatic rings. The summed E-state index contributed by atoms with van der Waals surface area (Å²) in [7, 11) is 0. The zero-order valence-electron chi connectivity index (χ0n) is 32.5. The molecule has 0 heterocycles. The minimum atomic E-state index is 0.138. The van der Waals surface area contributed by atoms with E-state index in [-0.39, 0.29) is 10.8 Å². The van der Waals surface area contributed by atoms with Crippen molar-refractivity contribution in [3.05, 3.63) is 178 Å². The molecule has 0 N–H and O–H groups in total. The standard InChI is InChI=1S/C55H51N/c1-2-10-35(11-3-1)27-38-12-4-5-13-39(38)34-56(44-22-24-48-46-14-6-8-16-50(46)54(52(48)32-44)41-20-21-42(54)31-41)45-23-25-49-47-15-7-9-17-51(47)55(53(49)33-45)40-19-18-36-26-37(29-40)30-43(55)28-36/h1-17,22-25,32-33,36-37,40-43H,18-21,26-31,34H2. The summed E-state index contributed by atoms with van der Waals surface area (Å²) in [6.45, 7) is 0.852. The molecule has 6 bridgehead atoms. The first-order chi connectivity index (χ1) is 27.7. The Hall–Kier alpha value is -4.88. The Morgan fingerprint density at radius 2 is 0.929 bits per heavy atom. The van der Waals surface area contributed by atoms with Crippen LogP contribution in [0, 0.1) is 35.5 Å². The topological polar surface area (TPSA) is 3.24 Å². The minimum Gasteiger partial charge on any atom is -0.337 e. The number of rotatable bonds is 6. The van der Waals surface area contributed by atoms with Crippen molar-refractivity contribution >= 4 is 11.4 Å². The quantitative estimate of drug-likeness (QED) is 0.165. The smallest absolute Gasteiger partial charge is 0.0484 e. The molecule has 9 aliphatic carbocycles. The summed E-state index contributed by atoms with van der Waals surface area (Å²) in [5.41, 5.74) is 19.8. The van der Waals surface area contributed by atoms with Gasteiger partial charge in [-0.3, -0.25) is 0 Å². The molecule has 2 spiro atoms. The fraction of sp³-hybridized carbons (Fsp3) is 0.345. The molecule has 0 aliphatic heterocycles. The van der Waals surface area contributed by atoms with Crippen LogP contribution >= 0.6 is 0 Å². The van der Waals surface area contributed by atoms with Crippen LogP contribution in [0.15, 0.2) is 140 Å². The fourth-order valence-corrected chi connectivity index (χ4v) is 15.0. The number of nitrogens with zero attached hydrogens (tertiary/aromatic N) is 1. The Morgan fingerprint density at radius 3 is 1.61 bits per heavy atom. The Balaban J connectivity index is 0.997. The van der Waals surface area contributed by atoms with Crippen LogP contribution in [0.4, 0.5) is 11.4 Å². The number of hydrogen-bond acceptors (Lipinski definition) is 1. The Morgan fingerprint density at radius 1 is 0.411 bits per heavy atom. The molecule has 7 unspecified atom stereocenters. The van der Waals surface area contributed by atoms with Crippen molar-refractivity contribution in [1.82, 2.24) is 0 Å². The first-order valence-electron chi connectivity index (χ1n) is 22.1. The highest BCUT2D eigenvalue weighted by Gasteiger charge is 2.64. The fourth-order valence-electron chi connectivity index (χ4n) is 15.0. The molecule has 7 saturated carbocycles. The molecule has 7 fully saturated rings. The van der Waals surface area contributed by atoms with Gasteiger partial charge in [0.05, 0.1) is 0 Å². The summed E-state index contributed by atoms with van der Waals surface area (Å²) < 4.78 is 0. The average molecular weight is 726 g/mol. The van der Waals surface area contributed by atoms with Crippen LogP contribution in [-0.2, 0) is 23.8 Å². The van der Waals surface area contributed by atoms with E-state index in [0.29, 0.717) is 0 Å². The molecule has 0 saturated heterocycles. The van der Waals surface area contributed by atoms with Gasteiger partial charge in [0.2, 0.25) is 0 Å². The summed E-state index contributed by atoms with van der Waals surface area (Å²) in [5, 5.41) is 0. The van der Waals surface area contributed by atoms with E-state index in [0.717, 1.165) is 48.5 Å². The second-order valence-electron chi connectivity index (χ2n) is 19.2. The van der Waals surface area contributed by atoms with Crippen LogP contribution < -0.4 is 4.90 Å². The van der Waals surface area contributed by atoms with Crippen LogP contribution in [0.1, 0.15) is 96.7 Å². The summed E-state index contributed by atoms with van der Waals surface area (Å²) in [4.78, 5) is 2.72. The highest BCUT2D eigenvalue weighted by atomic mass is 15.1. The van der Waals surface area contributed by atoms with Crippen molar-refractivity contribution in [2.75, 3.05) is 4.90 Å². The molecule has 15 rings (SSSR count). The summed E-state index contributed by atoms with van der Waals surface area (Å²) in [6.07, 6.45) is 13.6. The lowest BCUT2D eigenvalue weighted by molar-refractivity contribution is 0.0618. The van der Waals surface area contributed by atoms with Gasteiger partial charge in [-0.2, -0.15) is 0 Å². The largest absolute Gasteiger partial charge is 0.337 e. The van der Waals surface area contributed by atoms with Gasteiger partial charge in [0.15, 0.2) is 0 Å². The van der Waals surface area contributed by atoms with Gasteiger partial charge in [0.1, 0.15) is 0 Å². The van der Waals surface area contributed by atoms with Gasteiger partial charge >= 0.3 is 0 Å². The zero-order chi connectivity index (χ0) is 36.6. The summed E-state index contributed by atoms with van der Waals surface area (Å²) >= 11 is 0. The lowest BCUT2D eigenvalue weighted by atomic mass is 9.51. The molecule has 9 aliphatic rings. The van der Waals surface area contributed by atoms with Gasteiger partial charge in [0, 0.05) is 28.7 Å². The molecule has 6 aromatic carbocycles. The van der Waals surface area contributed by atoms with E-state index in [1.807, 2.05) is 0 Å². The monoisotopic (exact) mass is 725 g/mol. The summed E-state index contributed by atoms with van der Waals surface area (Å²) in [5.74, 6) is 4.87. The highest BCUT2D eigenvalue weighted by molar-refractivity contribution is 5.87. The molecule has 0 aromatic heterocycles. The lowest BCUT2D eigenvalue weighted by Crippen LogP contribution is -2.48. The van der Waals surface area contributed by atoms with Gasteiger partial charge in [-0.15, -0.1) is 0 Å². The number of hydrogen-bond donors (Lipinski definition) is 0. The maximum Gasteiger partial charge on any atom is 0.0484 e. The third-order valence-corrected chi connectivity index (χ3v) is 17.0. The van der Waals surface area contributed by atoms with Gasteiger partial charge in [-0.25, -0.2) is 0 Å². The van der Waals surface area contributed by atoms with Crippen molar-refractivity contribution in [2.45, 2.75) is 81.6 Å². The number of anilines is 2. The molecular weight excluding hydrogens is 675 g/mol. The first kappa shape index (κ1) is 32.2. The van der Waals surface area contributed by atoms with Gasteiger partial charge < -0.3 is 4.90 Å². The van der Waals surface area contributed by atoms with Gasteiger partial charge in [-0.1, -0.05) is 122 Å². The predicted octanol–water partition coefficient (Wildman–Crippen LogP) is 13.4. The van der Waals surface area contributed by atoms with E-state index in [4.69, 9.17) is 0 Å². The van der Waals surface area contributed by atoms with Gasteiger partial charge in [0.25, 0.3) is 0 Å². The Labute approximate surface area is 332 Å². The predicted molar refractivity (Wildman–Crippen MR) is 229 cm³/mol. The molecule has 276 valence electrons. The van der Waals surface area contributed by atoms with E-state index in [2.05, 4.69) is 144 Å². The first-order valence-corrected chi connectivity index (χ1v) is 22.1. The summed E-state index contributed by atoms with van der Waals surface area (Å²) in [6, 6.07) is 54.8. The van der Waals surface area contributed by atoms with Crippen molar-refractivity contribution in [3.8, 4) is 22.3 Å². The Bertz CT molecular complexity index is 2520. The highest BCUT2D eigenvalue weighted by Crippen LogP contribution is 2.72. The molecule has 0 amide bonds. The zero-order valence-corrected chi connectivity index (χ0v) is 32.5. The van der Waals surface area contributed by atoms with Crippen LogP contribution in [-0.4, -0.2) is 0 Å². The van der Waals surface area contributed by atoms with Gasteiger partial charge in [-0.05, 0) is 179 Å². The second kappa shape index (κ2) is 11.8. The molecular formula is C55H51N. The third-order valence-electron chi connectivity index (χ3n) is 17.0. The molecule has 0 radical (unpaired) electrons. The van der Waals surface area contributed by atoms with E-state index >= 15 is 0 Å². The van der Waals surface area contributed by atoms with Crippen LogP contribution in [0.3, 0.4) is 0 Å². The lowest BCUT2D eigenvalue weighted by Gasteiger charge is -2.53. The molecule has 7 atom stereocenters. The second-order valence-corrected chi connectivity index (χ2v) is 19.2. The maximum atomic E-state index is 2.72. The molecule has 56 heavy (non-hydrogen) atoms. The minimum absolute atomic E-state index is 0.138. The molecule has 1 nitrogen and oxygen atoms in total. The van der Waals surface area contributed by atoms with E-state index in [9.17, 15) is 0 Å². The van der Waals surface area contributed by atoms with E-state index in [1.54, 1.807) is 22.3 Å². The third kappa shape index (κ3) is 4.22. The Kier molecular flexibility index (Phi) is 6.81. The van der Waals surface area contributed by atoms with Crippen molar-refractivity contribution in [1.29, 1.82) is 0 Å². The van der Waals surface area contributed by atoms with Crippen molar-refractivity contribution in [2.24, 2.45) is 35.5 Å². The van der Waals surface area contributed by atoms with Crippen LogP contribution in [0.2, 0.25) is 0 Å².